The molecule has 2 aromatic rings. The Bertz CT molecular complexity index is 665. The summed E-state index contributed by atoms with van der Waals surface area (Å²) in [5.41, 5.74) is 0.632. The number of hydrogen-bond donors (Lipinski definition) is 1. The van der Waals surface area contributed by atoms with E-state index in [0.717, 1.165) is 5.75 Å². The Balaban J connectivity index is 1.89. The first kappa shape index (κ1) is 17.5. The van der Waals surface area contributed by atoms with E-state index in [1.807, 2.05) is 44.2 Å². The molecule has 2 amide bonds. The van der Waals surface area contributed by atoms with Crippen molar-refractivity contribution in [3.05, 3.63) is 54.6 Å². The third-order valence-electron chi connectivity index (χ3n) is 3.54. The minimum absolute atomic E-state index is 0.149. The number of nitrogens with one attached hydrogen (secondary N) is 1. The molecular formula is C19H22N2O3. The first-order valence-corrected chi connectivity index (χ1v) is 8.03. The third kappa shape index (κ3) is 5.12. The van der Waals surface area contributed by atoms with Crippen LogP contribution in [0.15, 0.2) is 54.6 Å². The first-order valence-electron chi connectivity index (χ1n) is 8.03. The third-order valence-corrected chi connectivity index (χ3v) is 3.54. The van der Waals surface area contributed by atoms with Crippen molar-refractivity contribution in [3.63, 3.8) is 0 Å². The fourth-order valence-electron chi connectivity index (χ4n) is 2.26. The Labute approximate surface area is 142 Å². The second kappa shape index (κ2) is 8.72. The fraction of sp³-hybridized carbons (Fsp3) is 0.263. The van der Waals surface area contributed by atoms with Crippen molar-refractivity contribution in [1.82, 2.24) is 4.90 Å². The maximum absolute atomic E-state index is 11.9. The van der Waals surface area contributed by atoms with Crippen LogP contribution in [0.1, 0.15) is 20.3 Å². The van der Waals surface area contributed by atoms with Crippen LogP contribution >= 0.6 is 0 Å². The van der Waals surface area contributed by atoms with Gasteiger partial charge in [0.15, 0.2) is 0 Å². The molecule has 2 rings (SSSR count). The molecule has 0 aliphatic heterocycles. The zero-order valence-corrected chi connectivity index (χ0v) is 14.0. The lowest BCUT2D eigenvalue weighted by molar-refractivity contribution is -0.134. The summed E-state index contributed by atoms with van der Waals surface area (Å²) >= 11 is 0. The summed E-state index contributed by atoms with van der Waals surface area (Å²) in [6.45, 7) is 5.00. The van der Waals surface area contributed by atoms with Gasteiger partial charge in [0.25, 0.3) is 0 Å². The normalized spacial score (nSPS) is 10.1. The van der Waals surface area contributed by atoms with E-state index < -0.39 is 0 Å². The predicted molar refractivity (Wildman–Crippen MR) is 94.1 cm³/mol. The Morgan fingerprint density at radius 2 is 1.50 bits per heavy atom. The molecule has 5 heteroatoms. The van der Waals surface area contributed by atoms with Gasteiger partial charge in [-0.3, -0.25) is 9.59 Å². The Kier molecular flexibility index (Phi) is 6.37. The van der Waals surface area contributed by atoms with Crippen molar-refractivity contribution < 1.29 is 14.3 Å². The molecule has 0 atom stereocenters. The molecule has 0 aliphatic carbocycles. The fourth-order valence-corrected chi connectivity index (χ4v) is 2.26. The van der Waals surface area contributed by atoms with Gasteiger partial charge in [-0.15, -0.1) is 0 Å². The monoisotopic (exact) mass is 326 g/mol. The second-order valence-electron chi connectivity index (χ2n) is 5.23. The average Bonchev–Trinajstić information content (AvgIpc) is 2.58. The van der Waals surface area contributed by atoms with Gasteiger partial charge in [-0.1, -0.05) is 18.2 Å². The molecule has 5 nitrogen and oxygen atoms in total. The molecular weight excluding hydrogens is 304 g/mol. The number of amides is 2. The number of carbonyl (C=O) groups is 2. The van der Waals surface area contributed by atoms with E-state index >= 15 is 0 Å². The highest BCUT2D eigenvalue weighted by molar-refractivity contribution is 6.03. The number of nitrogens with zero attached hydrogens (tertiary/aromatic N) is 1. The summed E-state index contributed by atoms with van der Waals surface area (Å²) < 4.78 is 5.69. The number of para-hydroxylation sites is 1. The van der Waals surface area contributed by atoms with E-state index in [4.69, 9.17) is 4.74 Å². The largest absolute Gasteiger partial charge is 0.457 e. The van der Waals surface area contributed by atoms with Crippen LogP contribution in [0.5, 0.6) is 11.5 Å². The zero-order chi connectivity index (χ0) is 17.4. The molecule has 0 saturated carbocycles. The van der Waals surface area contributed by atoms with Crippen LogP contribution < -0.4 is 10.1 Å². The van der Waals surface area contributed by atoms with E-state index in [2.05, 4.69) is 5.32 Å². The first-order chi connectivity index (χ1) is 11.6. The highest BCUT2D eigenvalue weighted by Crippen LogP contribution is 2.22. The van der Waals surface area contributed by atoms with E-state index in [1.54, 1.807) is 29.2 Å². The van der Waals surface area contributed by atoms with E-state index in [9.17, 15) is 9.59 Å². The van der Waals surface area contributed by atoms with Gasteiger partial charge in [0.2, 0.25) is 11.8 Å². The van der Waals surface area contributed by atoms with Crippen LogP contribution in [0.4, 0.5) is 5.69 Å². The number of carbonyl (C=O) groups excluding carboxylic acids is 2. The summed E-state index contributed by atoms with van der Waals surface area (Å²) in [7, 11) is 0. The number of ether oxygens (including phenoxy) is 1. The molecule has 126 valence electrons. The Morgan fingerprint density at radius 1 is 0.917 bits per heavy atom. The van der Waals surface area contributed by atoms with E-state index in [1.165, 1.54) is 0 Å². The minimum Gasteiger partial charge on any atom is -0.457 e. The maximum atomic E-state index is 11.9. The highest BCUT2D eigenvalue weighted by atomic mass is 16.5. The lowest BCUT2D eigenvalue weighted by Crippen LogP contribution is -2.33. The standard InChI is InChI=1S/C19H22N2O3/c1-3-21(4-2)19(23)14-18(22)20-15-10-12-17(13-11-15)24-16-8-6-5-7-9-16/h5-13H,3-4,14H2,1-2H3,(H,20,22). The van der Waals surface area contributed by atoms with Gasteiger partial charge in [0.1, 0.15) is 17.9 Å². The van der Waals surface area contributed by atoms with Gasteiger partial charge in [0, 0.05) is 18.8 Å². The summed E-state index contributed by atoms with van der Waals surface area (Å²) in [5.74, 6) is 0.947. The maximum Gasteiger partial charge on any atom is 0.233 e. The summed E-state index contributed by atoms with van der Waals surface area (Å²) in [5, 5.41) is 2.72. The summed E-state index contributed by atoms with van der Waals surface area (Å²) in [4.78, 5) is 25.5. The molecule has 0 unspecified atom stereocenters. The summed E-state index contributed by atoms with van der Waals surface area (Å²) in [6.07, 6.45) is -0.149. The zero-order valence-electron chi connectivity index (χ0n) is 14.0. The van der Waals surface area contributed by atoms with Crippen molar-refractivity contribution in [1.29, 1.82) is 0 Å². The molecule has 0 bridgehead atoms. The molecule has 24 heavy (non-hydrogen) atoms. The molecule has 0 aliphatic rings. The number of anilines is 1. The van der Waals surface area contributed by atoms with Crippen LogP contribution in [0.25, 0.3) is 0 Å². The van der Waals surface area contributed by atoms with Crippen molar-refractivity contribution in [3.8, 4) is 11.5 Å². The van der Waals surface area contributed by atoms with Crippen molar-refractivity contribution >= 4 is 17.5 Å². The van der Waals surface area contributed by atoms with Gasteiger partial charge in [0.05, 0.1) is 0 Å². The lowest BCUT2D eigenvalue weighted by Gasteiger charge is -2.18. The number of rotatable bonds is 7. The molecule has 0 heterocycles. The molecule has 2 aromatic carbocycles. The van der Waals surface area contributed by atoms with Gasteiger partial charge in [-0.25, -0.2) is 0 Å². The number of hydrogen-bond acceptors (Lipinski definition) is 3. The predicted octanol–water partition coefficient (Wildman–Crippen LogP) is 3.68. The molecule has 0 saturated heterocycles. The van der Waals surface area contributed by atoms with Gasteiger partial charge in [-0.05, 0) is 50.2 Å². The van der Waals surface area contributed by atoms with Gasteiger partial charge < -0.3 is 15.0 Å². The Morgan fingerprint density at radius 3 is 2.08 bits per heavy atom. The van der Waals surface area contributed by atoms with Crippen LogP contribution in [0.2, 0.25) is 0 Å². The molecule has 1 N–H and O–H groups in total. The molecule has 0 radical (unpaired) electrons. The number of benzene rings is 2. The van der Waals surface area contributed by atoms with Gasteiger partial charge in [-0.2, -0.15) is 0 Å². The smallest absolute Gasteiger partial charge is 0.233 e. The molecule has 0 aromatic heterocycles. The van der Waals surface area contributed by atoms with E-state index in [0.29, 0.717) is 24.5 Å². The van der Waals surface area contributed by atoms with E-state index in [-0.39, 0.29) is 18.2 Å². The summed E-state index contributed by atoms with van der Waals surface area (Å²) in [6, 6.07) is 16.5. The van der Waals surface area contributed by atoms with Crippen LogP contribution in [-0.2, 0) is 9.59 Å². The molecule has 0 fully saturated rings. The second-order valence-corrected chi connectivity index (χ2v) is 5.23. The van der Waals surface area contributed by atoms with Crippen LogP contribution in [0.3, 0.4) is 0 Å². The lowest BCUT2D eigenvalue weighted by atomic mass is 10.2. The minimum atomic E-state index is -0.316. The van der Waals surface area contributed by atoms with Crippen molar-refractivity contribution in [2.45, 2.75) is 20.3 Å². The van der Waals surface area contributed by atoms with Gasteiger partial charge >= 0.3 is 0 Å². The van der Waals surface area contributed by atoms with Crippen LogP contribution in [-0.4, -0.2) is 29.8 Å². The highest BCUT2D eigenvalue weighted by Gasteiger charge is 2.14. The van der Waals surface area contributed by atoms with Crippen molar-refractivity contribution in [2.24, 2.45) is 0 Å². The van der Waals surface area contributed by atoms with Crippen molar-refractivity contribution in [2.75, 3.05) is 18.4 Å². The quantitative estimate of drug-likeness (QED) is 0.790. The average molecular weight is 326 g/mol. The Hall–Kier alpha value is -2.82. The molecule has 0 spiro atoms. The van der Waals surface area contributed by atoms with Crippen LogP contribution in [0, 0.1) is 0 Å². The topological polar surface area (TPSA) is 58.6 Å². The SMILES string of the molecule is CCN(CC)C(=O)CC(=O)Nc1ccc(Oc2ccccc2)cc1.